The Balaban J connectivity index is 3.75. The highest BCUT2D eigenvalue weighted by Crippen LogP contribution is 1.92. The summed E-state index contributed by atoms with van der Waals surface area (Å²) in [4.78, 5) is 21.4. The Hall–Kier alpha value is -1.38. The first-order valence-corrected chi connectivity index (χ1v) is 3.60. The number of allylic oxidation sites excluding steroid dienone is 2. The highest BCUT2D eigenvalue weighted by Gasteiger charge is 1.96. The molecule has 0 amide bonds. The zero-order valence-electron chi connectivity index (χ0n) is 7.08. The summed E-state index contributed by atoms with van der Waals surface area (Å²) in [6.45, 7) is 3.48. The van der Waals surface area contributed by atoms with Gasteiger partial charge in [-0.1, -0.05) is 6.08 Å². The van der Waals surface area contributed by atoms with Crippen LogP contribution in [0.4, 0.5) is 0 Å². The van der Waals surface area contributed by atoms with E-state index in [-0.39, 0.29) is 5.78 Å². The standard InChI is InChI=1S/C9H12O3/c1-3-4-5-8(10)6-7-9(11)12-2/h3,6-7H,1,4-5H2,2H3/b7-6+. The van der Waals surface area contributed by atoms with E-state index in [0.717, 1.165) is 6.08 Å². The van der Waals surface area contributed by atoms with Crippen LogP contribution >= 0.6 is 0 Å². The van der Waals surface area contributed by atoms with Gasteiger partial charge in [0.2, 0.25) is 0 Å². The van der Waals surface area contributed by atoms with Gasteiger partial charge in [-0.25, -0.2) is 4.79 Å². The number of rotatable bonds is 5. The average Bonchev–Trinajstić information content (AvgIpc) is 2.10. The molecule has 0 saturated heterocycles. The Bertz CT molecular complexity index is 204. The number of ketones is 1. The zero-order valence-corrected chi connectivity index (χ0v) is 7.08. The molecule has 0 spiro atoms. The number of carbonyl (C=O) groups is 2. The lowest BCUT2D eigenvalue weighted by Gasteiger charge is -1.90. The van der Waals surface area contributed by atoms with Gasteiger partial charge >= 0.3 is 5.97 Å². The normalized spacial score (nSPS) is 9.75. The molecule has 0 saturated carbocycles. The SMILES string of the molecule is C=CCCC(=O)/C=C/C(=O)OC. The predicted octanol–water partition coefficient (Wildman–Crippen LogP) is 1.25. The van der Waals surface area contributed by atoms with Gasteiger partial charge in [0.05, 0.1) is 7.11 Å². The largest absolute Gasteiger partial charge is 0.466 e. The van der Waals surface area contributed by atoms with E-state index in [1.165, 1.54) is 13.2 Å². The number of esters is 1. The Morgan fingerprint density at radius 1 is 1.42 bits per heavy atom. The third kappa shape index (κ3) is 5.41. The molecule has 0 aliphatic rings. The second kappa shape index (κ2) is 6.34. The fourth-order valence-electron chi connectivity index (χ4n) is 0.557. The van der Waals surface area contributed by atoms with Crippen LogP contribution in [0.2, 0.25) is 0 Å². The summed E-state index contributed by atoms with van der Waals surface area (Å²) in [6.07, 6.45) is 5.01. The maximum absolute atomic E-state index is 10.9. The summed E-state index contributed by atoms with van der Waals surface area (Å²) in [7, 11) is 1.26. The molecule has 0 N–H and O–H groups in total. The third-order valence-corrected chi connectivity index (χ3v) is 1.20. The van der Waals surface area contributed by atoms with Crippen molar-refractivity contribution in [2.75, 3.05) is 7.11 Å². The van der Waals surface area contributed by atoms with Gasteiger partial charge in [-0.15, -0.1) is 6.58 Å². The van der Waals surface area contributed by atoms with Gasteiger partial charge in [-0.3, -0.25) is 4.79 Å². The summed E-state index contributed by atoms with van der Waals surface area (Å²) >= 11 is 0. The van der Waals surface area contributed by atoms with Crippen LogP contribution in [0.25, 0.3) is 0 Å². The number of hydrogen-bond acceptors (Lipinski definition) is 3. The van der Waals surface area contributed by atoms with Gasteiger partial charge in [0.25, 0.3) is 0 Å². The van der Waals surface area contributed by atoms with E-state index in [1.807, 2.05) is 0 Å². The molecule has 3 heteroatoms. The second-order valence-corrected chi connectivity index (χ2v) is 2.15. The lowest BCUT2D eigenvalue weighted by Crippen LogP contribution is -1.97. The molecule has 0 unspecified atom stereocenters. The quantitative estimate of drug-likeness (QED) is 0.352. The zero-order chi connectivity index (χ0) is 9.40. The van der Waals surface area contributed by atoms with Crippen molar-refractivity contribution in [2.24, 2.45) is 0 Å². The van der Waals surface area contributed by atoms with Crippen molar-refractivity contribution in [1.82, 2.24) is 0 Å². The Labute approximate surface area is 71.7 Å². The molecule has 0 rings (SSSR count). The van der Waals surface area contributed by atoms with Crippen LogP contribution in [0, 0.1) is 0 Å². The Kier molecular flexibility index (Phi) is 5.61. The van der Waals surface area contributed by atoms with E-state index in [1.54, 1.807) is 6.08 Å². The van der Waals surface area contributed by atoms with Gasteiger partial charge in [-0.05, 0) is 12.5 Å². The lowest BCUT2D eigenvalue weighted by molar-refractivity contribution is -0.135. The highest BCUT2D eigenvalue weighted by atomic mass is 16.5. The predicted molar refractivity (Wildman–Crippen MR) is 45.6 cm³/mol. The Morgan fingerprint density at radius 2 is 2.08 bits per heavy atom. The first kappa shape index (κ1) is 10.6. The molecule has 0 aromatic carbocycles. The van der Waals surface area contributed by atoms with E-state index in [2.05, 4.69) is 11.3 Å². The van der Waals surface area contributed by atoms with Crippen molar-refractivity contribution in [1.29, 1.82) is 0 Å². The van der Waals surface area contributed by atoms with Crippen molar-refractivity contribution in [3.05, 3.63) is 24.8 Å². The molecule has 0 heterocycles. The van der Waals surface area contributed by atoms with Crippen LogP contribution in [-0.4, -0.2) is 18.9 Å². The molecule has 0 aliphatic heterocycles. The third-order valence-electron chi connectivity index (χ3n) is 1.20. The molecule has 0 atom stereocenters. The molecule has 12 heavy (non-hydrogen) atoms. The van der Waals surface area contributed by atoms with Crippen molar-refractivity contribution in [3.8, 4) is 0 Å². The van der Waals surface area contributed by atoms with Gasteiger partial charge in [0.1, 0.15) is 0 Å². The molecular formula is C9H12O3. The van der Waals surface area contributed by atoms with Crippen LogP contribution in [-0.2, 0) is 14.3 Å². The lowest BCUT2D eigenvalue weighted by atomic mass is 10.2. The number of methoxy groups -OCH3 is 1. The maximum Gasteiger partial charge on any atom is 0.330 e. The van der Waals surface area contributed by atoms with E-state index in [9.17, 15) is 9.59 Å². The fourth-order valence-corrected chi connectivity index (χ4v) is 0.557. The van der Waals surface area contributed by atoms with Crippen LogP contribution < -0.4 is 0 Å². The summed E-state index contributed by atoms with van der Waals surface area (Å²) in [5, 5.41) is 0. The minimum atomic E-state index is -0.512. The van der Waals surface area contributed by atoms with Crippen LogP contribution in [0.5, 0.6) is 0 Å². The van der Waals surface area contributed by atoms with Gasteiger partial charge in [-0.2, -0.15) is 0 Å². The summed E-state index contributed by atoms with van der Waals surface area (Å²) in [5.74, 6) is -0.609. The van der Waals surface area contributed by atoms with E-state index in [4.69, 9.17) is 0 Å². The summed E-state index contributed by atoms with van der Waals surface area (Å²) < 4.78 is 4.31. The maximum atomic E-state index is 10.9. The van der Waals surface area contributed by atoms with Crippen LogP contribution in [0.15, 0.2) is 24.8 Å². The molecule has 0 bridgehead atoms. The minimum absolute atomic E-state index is 0.0969. The van der Waals surface area contributed by atoms with Crippen molar-refractivity contribution >= 4 is 11.8 Å². The summed E-state index contributed by atoms with van der Waals surface area (Å²) in [6, 6.07) is 0. The van der Waals surface area contributed by atoms with Crippen LogP contribution in [0.1, 0.15) is 12.8 Å². The van der Waals surface area contributed by atoms with Gasteiger partial charge in [0.15, 0.2) is 5.78 Å². The van der Waals surface area contributed by atoms with Crippen molar-refractivity contribution in [2.45, 2.75) is 12.8 Å². The molecule has 0 fully saturated rings. The molecule has 3 nitrogen and oxygen atoms in total. The van der Waals surface area contributed by atoms with Crippen molar-refractivity contribution < 1.29 is 14.3 Å². The number of ether oxygens (including phenoxy) is 1. The van der Waals surface area contributed by atoms with E-state index >= 15 is 0 Å². The molecule has 66 valence electrons. The minimum Gasteiger partial charge on any atom is -0.466 e. The molecule has 0 aromatic rings. The number of hydrogen-bond donors (Lipinski definition) is 0. The van der Waals surface area contributed by atoms with E-state index < -0.39 is 5.97 Å². The monoisotopic (exact) mass is 168 g/mol. The topological polar surface area (TPSA) is 43.4 Å². The first-order chi connectivity index (χ1) is 5.70. The van der Waals surface area contributed by atoms with Gasteiger partial charge in [0, 0.05) is 12.5 Å². The smallest absolute Gasteiger partial charge is 0.330 e. The average molecular weight is 168 g/mol. The molecular weight excluding hydrogens is 156 g/mol. The Morgan fingerprint density at radius 3 is 2.58 bits per heavy atom. The van der Waals surface area contributed by atoms with Gasteiger partial charge < -0.3 is 4.74 Å². The first-order valence-electron chi connectivity index (χ1n) is 3.60. The fraction of sp³-hybridized carbons (Fsp3) is 0.333. The molecule has 0 aliphatic carbocycles. The summed E-state index contributed by atoms with van der Waals surface area (Å²) in [5.41, 5.74) is 0. The molecule has 0 radical (unpaired) electrons. The highest BCUT2D eigenvalue weighted by molar-refractivity contribution is 5.95. The van der Waals surface area contributed by atoms with Crippen molar-refractivity contribution in [3.63, 3.8) is 0 Å². The molecule has 0 aromatic heterocycles. The second-order valence-electron chi connectivity index (χ2n) is 2.15. The van der Waals surface area contributed by atoms with E-state index in [0.29, 0.717) is 12.8 Å². The van der Waals surface area contributed by atoms with Crippen LogP contribution in [0.3, 0.4) is 0 Å². The number of carbonyl (C=O) groups excluding carboxylic acids is 2.